The molecule has 0 radical (unpaired) electrons. The van der Waals surface area contributed by atoms with E-state index in [0.29, 0.717) is 12.2 Å². The van der Waals surface area contributed by atoms with Crippen LogP contribution in [0.5, 0.6) is 5.75 Å². The second-order valence-electron chi connectivity index (χ2n) is 6.07. The Labute approximate surface area is 134 Å². The van der Waals surface area contributed by atoms with Crippen LogP contribution in [0.2, 0.25) is 0 Å². The van der Waals surface area contributed by atoms with Gasteiger partial charge in [-0.1, -0.05) is 51.7 Å². The van der Waals surface area contributed by atoms with Crippen LogP contribution in [0.15, 0.2) is 12.1 Å². The van der Waals surface area contributed by atoms with Crippen LogP contribution < -0.4 is 0 Å². The zero-order valence-electron chi connectivity index (χ0n) is 14.0. The number of carboxylic acid groups (broad SMARTS) is 1. The molecule has 0 aromatic heterocycles. The minimum Gasteiger partial charge on any atom is -0.507 e. The summed E-state index contributed by atoms with van der Waals surface area (Å²) in [5.74, 6) is -0.334. The van der Waals surface area contributed by atoms with E-state index >= 15 is 0 Å². The van der Waals surface area contributed by atoms with Crippen molar-refractivity contribution >= 4 is 5.97 Å². The lowest BCUT2D eigenvalue weighted by atomic mass is 9.95. The fraction of sp³-hybridized carbons (Fsp3) is 0.632. The van der Waals surface area contributed by atoms with Gasteiger partial charge in [-0.05, 0) is 48.8 Å². The summed E-state index contributed by atoms with van der Waals surface area (Å²) in [6, 6.07) is 3.99. The number of hydrogen-bond acceptors (Lipinski definition) is 2. The number of benzene rings is 1. The molecule has 0 fully saturated rings. The second-order valence-corrected chi connectivity index (χ2v) is 6.07. The summed E-state index contributed by atoms with van der Waals surface area (Å²) >= 11 is 0. The second kappa shape index (κ2) is 10.3. The molecule has 0 spiro atoms. The number of rotatable bonds is 11. The number of aryl methyl sites for hydroxylation is 3. The topological polar surface area (TPSA) is 57.5 Å². The highest BCUT2D eigenvalue weighted by Crippen LogP contribution is 2.28. The van der Waals surface area contributed by atoms with E-state index in [9.17, 15) is 9.90 Å². The van der Waals surface area contributed by atoms with Gasteiger partial charge in [0, 0.05) is 6.42 Å². The Balaban J connectivity index is 2.88. The molecule has 0 unspecified atom stereocenters. The van der Waals surface area contributed by atoms with E-state index in [-0.39, 0.29) is 6.42 Å². The van der Waals surface area contributed by atoms with Crippen LogP contribution in [0.25, 0.3) is 0 Å². The van der Waals surface area contributed by atoms with Crippen molar-refractivity contribution in [2.24, 2.45) is 0 Å². The van der Waals surface area contributed by atoms with E-state index in [0.717, 1.165) is 68.1 Å². The van der Waals surface area contributed by atoms with E-state index in [1.807, 2.05) is 12.1 Å². The Morgan fingerprint density at radius 3 is 1.82 bits per heavy atom. The molecule has 0 aliphatic heterocycles. The third kappa shape index (κ3) is 6.50. The third-order valence-corrected chi connectivity index (χ3v) is 4.05. The number of phenolic OH excluding ortho intramolecular Hbond substituents is 1. The highest BCUT2D eigenvalue weighted by molar-refractivity contribution is 5.67. The van der Waals surface area contributed by atoms with Crippen LogP contribution in [-0.2, 0) is 24.1 Å². The largest absolute Gasteiger partial charge is 0.507 e. The monoisotopic (exact) mass is 306 g/mol. The van der Waals surface area contributed by atoms with Crippen molar-refractivity contribution in [2.75, 3.05) is 0 Å². The molecule has 3 nitrogen and oxygen atoms in total. The molecule has 0 aliphatic carbocycles. The zero-order valence-corrected chi connectivity index (χ0v) is 14.0. The van der Waals surface area contributed by atoms with Crippen molar-refractivity contribution in [3.05, 3.63) is 28.8 Å². The summed E-state index contributed by atoms with van der Waals surface area (Å²) in [5.41, 5.74) is 3.02. The lowest BCUT2D eigenvalue weighted by molar-refractivity contribution is -0.136. The summed E-state index contributed by atoms with van der Waals surface area (Å²) in [7, 11) is 0. The van der Waals surface area contributed by atoms with Gasteiger partial charge in [-0.2, -0.15) is 0 Å². The number of aliphatic carboxylic acids is 1. The van der Waals surface area contributed by atoms with E-state index in [1.54, 1.807) is 0 Å². The predicted molar refractivity (Wildman–Crippen MR) is 90.5 cm³/mol. The standard InChI is InChI=1S/C19H30O3/c1-3-5-7-9-16-13-15(11-12-18(20)21)14-17(19(16)22)10-8-6-4-2/h13-14,22H,3-12H2,1-2H3,(H,20,21). The van der Waals surface area contributed by atoms with Crippen LogP contribution in [0.4, 0.5) is 0 Å². The Morgan fingerprint density at radius 1 is 0.909 bits per heavy atom. The zero-order chi connectivity index (χ0) is 16.4. The number of aromatic hydroxyl groups is 1. The first-order chi connectivity index (χ1) is 10.6. The van der Waals surface area contributed by atoms with Gasteiger partial charge in [0.15, 0.2) is 0 Å². The molecule has 22 heavy (non-hydrogen) atoms. The molecular weight excluding hydrogens is 276 g/mol. The highest BCUT2D eigenvalue weighted by atomic mass is 16.4. The van der Waals surface area contributed by atoms with Crippen LogP contribution in [0, 0.1) is 0 Å². The SMILES string of the molecule is CCCCCc1cc(CCC(=O)O)cc(CCCCC)c1O. The Kier molecular flexibility index (Phi) is 8.64. The van der Waals surface area contributed by atoms with E-state index in [1.165, 1.54) is 0 Å². The molecule has 0 amide bonds. The lowest BCUT2D eigenvalue weighted by Gasteiger charge is -2.13. The van der Waals surface area contributed by atoms with Gasteiger partial charge in [0.05, 0.1) is 0 Å². The number of phenols is 1. The number of unbranched alkanes of at least 4 members (excludes halogenated alkanes) is 4. The van der Waals surface area contributed by atoms with Crippen molar-refractivity contribution in [1.29, 1.82) is 0 Å². The first kappa shape index (κ1) is 18.5. The Hall–Kier alpha value is -1.51. The summed E-state index contributed by atoms with van der Waals surface area (Å²) in [4.78, 5) is 10.8. The van der Waals surface area contributed by atoms with Gasteiger partial charge in [0.1, 0.15) is 5.75 Å². The first-order valence-electron chi connectivity index (χ1n) is 8.63. The molecule has 2 N–H and O–H groups in total. The number of carboxylic acids is 1. The molecule has 0 saturated carbocycles. The summed E-state index contributed by atoms with van der Waals surface area (Å²) in [6.07, 6.45) is 9.20. The van der Waals surface area contributed by atoms with Crippen LogP contribution >= 0.6 is 0 Å². The maximum absolute atomic E-state index is 10.8. The van der Waals surface area contributed by atoms with Gasteiger partial charge in [0.2, 0.25) is 0 Å². The highest BCUT2D eigenvalue weighted by Gasteiger charge is 2.11. The molecule has 1 aromatic carbocycles. The van der Waals surface area contributed by atoms with E-state index in [2.05, 4.69) is 13.8 Å². The van der Waals surface area contributed by atoms with Gasteiger partial charge in [-0.15, -0.1) is 0 Å². The average molecular weight is 306 g/mol. The fourth-order valence-corrected chi connectivity index (χ4v) is 2.74. The molecule has 0 atom stereocenters. The summed E-state index contributed by atoms with van der Waals surface area (Å²) < 4.78 is 0. The lowest BCUT2D eigenvalue weighted by Crippen LogP contribution is -2.01. The van der Waals surface area contributed by atoms with Gasteiger partial charge in [-0.3, -0.25) is 4.79 Å². The van der Waals surface area contributed by atoms with Gasteiger partial charge in [0.25, 0.3) is 0 Å². The van der Waals surface area contributed by atoms with Gasteiger partial charge >= 0.3 is 5.97 Å². The van der Waals surface area contributed by atoms with Gasteiger partial charge < -0.3 is 10.2 Å². The molecule has 0 heterocycles. The molecule has 1 aromatic rings. The van der Waals surface area contributed by atoms with Gasteiger partial charge in [-0.25, -0.2) is 0 Å². The quantitative estimate of drug-likeness (QED) is 0.573. The van der Waals surface area contributed by atoms with E-state index < -0.39 is 5.97 Å². The van der Waals surface area contributed by atoms with Crippen LogP contribution in [-0.4, -0.2) is 16.2 Å². The minimum atomic E-state index is -0.770. The molecule has 0 aliphatic rings. The van der Waals surface area contributed by atoms with Crippen molar-refractivity contribution in [3.8, 4) is 5.75 Å². The molecule has 124 valence electrons. The Bertz CT molecular complexity index is 435. The molecular formula is C19H30O3. The first-order valence-corrected chi connectivity index (χ1v) is 8.63. The smallest absolute Gasteiger partial charge is 0.303 e. The molecule has 0 bridgehead atoms. The molecule has 1 rings (SSSR count). The van der Waals surface area contributed by atoms with Crippen LogP contribution in [0.3, 0.4) is 0 Å². The molecule has 3 heteroatoms. The summed E-state index contributed by atoms with van der Waals surface area (Å²) in [5, 5.41) is 19.3. The number of hydrogen-bond donors (Lipinski definition) is 2. The van der Waals surface area contributed by atoms with Crippen molar-refractivity contribution in [3.63, 3.8) is 0 Å². The predicted octanol–water partition coefficient (Wildman–Crippen LogP) is 4.87. The average Bonchev–Trinajstić information content (AvgIpc) is 2.49. The fourth-order valence-electron chi connectivity index (χ4n) is 2.74. The normalized spacial score (nSPS) is 10.8. The number of carbonyl (C=O) groups is 1. The van der Waals surface area contributed by atoms with E-state index in [4.69, 9.17) is 5.11 Å². The van der Waals surface area contributed by atoms with Crippen molar-refractivity contribution < 1.29 is 15.0 Å². The maximum Gasteiger partial charge on any atom is 0.303 e. The maximum atomic E-state index is 10.8. The van der Waals surface area contributed by atoms with Crippen molar-refractivity contribution in [1.82, 2.24) is 0 Å². The van der Waals surface area contributed by atoms with Crippen LogP contribution in [0.1, 0.15) is 75.5 Å². The third-order valence-electron chi connectivity index (χ3n) is 4.05. The minimum absolute atomic E-state index is 0.146. The van der Waals surface area contributed by atoms with Crippen molar-refractivity contribution in [2.45, 2.75) is 78.1 Å². The Morgan fingerprint density at radius 2 is 1.41 bits per heavy atom. The molecule has 0 saturated heterocycles. The summed E-state index contributed by atoms with van der Waals surface area (Å²) in [6.45, 7) is 4.33.